The number of esters is 1. The molecule has 1 fully saturated rings. The van der Waals surface area contributed by atoms with Crippen LogP contribution in [0.1, 0.15) is 32.8 Å². The number of nitrogens with zero attached hydrogens (tertiary/aromatic N) is 1. The molecule has 0 aromatic heterocycles. The molecule has 2 rings (SSSR count). The highest BCUT2D eigenvalue weighted by Crippen LogP contribution is 2.24. The number of aromatic hydroxyl groups is 1. The Kier molecular flexibility index (Phi) is 10.3. The van der Waals surface area contributed by atoms with Crippen molar-refractivity contribution in [2.75, 3.05) is 20.3 Å². The Balaban J connectivity index is 2.21. The zero-order valence-electron chi connectivity index (χ0n) is 20.7. The van der Waals surface area contributed by atoms with Crippen LogP contribution in [-0.4, -0.2) is 78.2 Å². The van der Waals surface area contributed by atoms with Crippen molar-refractivity contribution in [1.29, 1.82) is 0 Å². The molecular weight excluding hydrogens is 454 g/mol. The van der Waals surface area contributed by atoms with Crippen LogP contribution in [0.4, 0.5) is 0 Å². The first-order chi connectivity index (χ1) is 16.6. The topological polar surface area (TPSA) is 134 Å². The van der Waals surface area contributed by atoms with E-state index in [1.54, 1.807) is 32.1 Å². The fourth-order valence-corrected chi connectivity index (χ4v) is 3.99. The van der Waals surface area contributed by atoms with Gasteiger partial charge in [-0.1, -0.05) is 32.1 Å². The Morgan fingerprint density at radius 3 is 2.40 bits per heavy atom. The molecule has 10 heteroatoms. The van der Waals surface area contributed by atoms with Gasteiger partial charge in [0.15, 0.2) is 0 Å². The SMILES string of the molecule is C=CCO[C@@H]1C[C@@H](C(=O)OC)N(C(=O)[C@@H](NC(=O)[C@H](Cc2ccc(O)cc2)NC(C)=O)C(C)C)C1. The summed E-state index contributed by atoms with van der Waals surface area (Å²) in [7, 11) is 1.26. The predicted octanol–water partition coefficient (Wildman–Crippen LogP) is 0.925. The maximum absolute atomic E-state index is 13.5. The van der Waals surface area contributed by atoms with E-state index in [1.165, 1.54) is 31.1 Å². The van der Waals surface area contributed by atoms with Crippen LogP contribution in [-0.2, 0) is 35.1 Å². The third-order valence-corrected chi connectivity index (χ3v) is 5.77. The fraction of sp³-hybridized carbons (Fsp3) is 0.520. The van der Waals surface area contributed by atoms with Crippen LogP contribution in [0.5, 0.6) is 5.75 Å². The molecule has 0 radical (unpaired) electrons. The second-order valence-electron chi connectivity index (χ2n) is 8.86. The van der Waals surface area contributed by atoms with Gasteiger partial charge < -0.3 is 30.1 Å². The van der Waals surface area contributed by atoms with Gasteiger partial charge >= 0.3 is 5.97 Å². The van der Waals surface area contributed by atoms with Gasteiger partial charge in [0, 0.05) is 26.3 Å². The highest BCUT2D eigenvalue weighted by Gasteiger charge is 2.44. The quantitative estimate of drug-likeness (QED) is 0.311. The molecule has 4 atom stereocenters. The molecule has 3 amide bonds. The number of carbonyl (C=O) groups is 4. The van der Waals surface area contributed by atoms with Crippen molar-refractivity contribution in [2.24, 2.45) is 5.92 Å². The Morgan fingerprint density at radius 1 is 1.20 bits per heavy atom. The lowest BCUT2D eigenvalue weighted by Crippen LogP contribution is -2.57. The molecule has 0 spiro atoms. The van der Waals surface area contributed by atoms with E-state index in [0.29, 0.717) is 0 Å². The summed E-state index contributed by atoms with van der Waals surface area (Å²) in [6, 6.07) is 3.57. The van der Waals surface area contributed by atoms with Crippen LogP contribution < -0.4 is 10.6 Å². The molecule has 1 saturated heterocycles. The summed E-state index contributed by atoms with van der Waals surface area (Å²) >= 11 is 0. The lowest BCUT2D eigenvalue weighted by molar-refractivity contribution is -0.152. The van der Waals surface area contributed by atoms with Crippen molar-refractivity contribution in [3.8, 4) is 5.75 Å². The molecule has 0 aliphatic carbocycles. The Hall–Kier alpha value is -3.40. The van der Waals surface area contributed by atoms with Crippen molar-refractivity contribution in [3.05, 3.63) is 42.5 Å². The number of benzene rings is 1. The van der Waals surface area contributed by atoms with Gasteiger partial charge in [0.1, 0.15) is 23.9 Å². The van der Waals surface area contributed by atoms with Crippen molar-refractivity contribution in [1.82, 2.24) is 15.5 Å². The summed E-state index contributed by atoms with van der Waals surface area (Å²) in [5, 5.41) is 14.9. The zero-order valence-corrected chi connectivity index (χ0v) is 20.7. The monoisotopic (exact) mass is 489 g/mol. The molecule has 0 saturated carbocycles. The van der Waals surface area contributed by atoms with Gasteiger partial charge in [-0.05, 0) is 23.6 Å². The standard InChI is InChI=1S/C25H35N3O7/c1-6-11-35-19-13-21(25(33)34-5)28(14-19)24(32)22(15(2)3)27-23(31)20(26-16(4)29)12-17-7-9-18(30)10-8-17/h6-10,15,19-22,30H,1,11-14H2,2-5H3,(H,26,29)(H,27,31)/t19-,20+,21+,22+/m1/s1. The molecule has 192 valence electrons. The number of ether oxygens (including phenoxy) is 2. The molecule has 10 nitrogen and oxygen atoms in total. The first-order valence-corrected chi connectivity index (χ1v) is 11.5. The molecular formula is C25H35N3O7. The third kappa shape index (κ3) is 7.81. The van der Waals surface area contributed by atoms with E-state index in [-0.39, 0.29) is 43.8 Å². The molecule has 0 bridgehead atoms. The Labute approximate surface area is 205 Å². The number of hydrogen-bond donors (Lipinski definition) is 3. The first-order valence-electron chi connectivity index (χ1n) is 11.5. The van der Waals surface area contributed by atoms with Gasteiger partial charge in [-0.25, -0.2) is 4.79 Å². The van der Waals surface area contributed by atoms with Crippen molar-refractivity contribution in [2.45, 2.75) is 57.8 Å². The maximum atomic E-state index is 13.5. The summed E-state index contributed by atoms with van der Waals surface area (Å²) < 4.78 is 10.5. The minimum absolute atomic E-state index is 0.0842. The summed E-state index contributed by atoms with van der Waals surface area (Å²) in [6.07, 6.45) is 1.66. The average molecular weight is 490 g/mol. The van der Waals surface area contributed by atoms with Crippen LogP contribution in [0.3, 0.4) is 0 Å². The minimum Gasteiger partial charge on any atom is -0.508 e. The number of amides is 3. The molecule has 0 unspecified atom stereocenters. The van der Waals surface area contributed by atoms with Crippen molar-refractivity contribution in [3.63, 3.8) is 0 Å². The molecule has 1 aromatic carbocycles. The van der Waals surface area contributed by atoms with E-state index in [1.807, 2.05) is 0 Å². The average Bonchev–Trinajstić information content (AvgIpc) is 3.24. The lowest BCUT2D eigenvalue weighted by Gasteiger charge is -2.31. The second kappa shape index (κ2) is 12.9. The van der Waals surface area contributed by atoms with Crippen molar-refractivity contribution < 1.29 is 33.8 Å². The van der Waals surface area contributed by atoms with Crippen LogP contribution in [0.15, 0.2) is 36.9 Å². The number of phenols is 1. The lowest BCUT2D eigenvalue weighted by atomic mass is 10.00. The second-order valence-corrected chi connectivity index (χ2v) is 8.86. The summed E-state index contributed by atoms with van der Waals surface area (Å²) in [5.41, 5.74) is 0.719. The summed E-state index contributed by atoms with van der Waals surface area (Å²) in [5.74, 6) is -2.14. The van der Waals surface area contributed by atoms with Gasteiger partial charge in [-0.15, -0.1) is 6.58 Å². The molecule has 1 aromatic rings. The van der Waals surface area contributed by atoms with E-state index in [0.717, 1.165) is 5.56 Å². The van der Waals surface area contributed by atoms with Gasteiger partial charge in [-0.2, -0.15) is 0 Å². The summed E-state index contributed by atoms with van der Waals surface area (Å²) in [4.78, 5) is 52.2. The van der Waals surface area contributed by atoms with E-state index in [2.05, 4.69) is 17.2 Å². The van der Waals surface area contributed by atoms with Gasteiger partial charge in [0.25, 0.3) is 0 Å². The third-order valence-electron chi connectivity index (χ3n) is 5.77. The van der Waals surface area contributed by atoms with E-state index in [4.69, 9.17) is 9.47 Å². The zero-order chi connectivity index (χ0) is 26.1. The Morgan fingerprint density at radius 2 is 1.86 bits per heavy atom. The first kappa shape index (κ1) is 27.8. The van der Waals surface area contributed by atoms with Gasteiger partial charge in [0.05, 0.1) is 19.8 Å². The fourth-order valence-electron chi connectivity index (χ4n) is 3.99. The molecule has 1 aliphatic rings. The largest absolute Gasteiger partial charge is 0.508 e. The van der Waals surface area contributed by atoms with Crippen LogP contribution in [0.25, 0.3) is 0 Å². The molecule has 35 heavy (non-hydrogen) atoms. The van der Waals surface area contributed by atoms with Crippen LogP contribution in [0, 0.1) is 5.92 Å². The minimum atomic E-state index is -0.941. The van der Waals surface area contributed by atoms with E-state index >= 15 is 0 Å². The molecule has 1 heterocycles. The van der Waals surface area contributed by atoms with Crippen LogP contribution >= 0.6 is 0 Å². The van der Waals surface area contributed by atoms with E-state index < -0.39 is 41.8 Å². The Bertz CT molecular complexity index is 916. The normalized spacial score (nSPS) is 19.1. The highest BCUT2D eigenvalue weighted by atomic mass is 16.5. The number of nitrogens with one attached hydrogen (secondary N) is 2. The number of likely N-dealkylation sites (tertiary alicyclic amines) is 1. The predicted molar refractivity (Wildman–Crippen MR) is 128 cm³/mol. The number of rotatable bonds is 11. The van der Waals surface area contributed by atoms with E-state index in [9.17, 15) is 24.3 Å². The molecule has 1 aliphatic heterocycles. The van der Waals surface area contributed by atoms with Gasteiger partial charge in [0.2, 0.25) is 17.7 Å². The maximum Gasteiger partial charge on any atom is 0.328 e. The summed E-state index contributed by atoms with van der Waals surface area (Å²) in [6.45, 7) is 8.94. The van der Waals surface area contributed by atoms with Crippen molar-refractivity contribution >= 4 is 23.7 Å². The number of carbonyl (C=O) groups excluding carboxylic acids is 4. The van der Waals surface area contributed by atoms with Gasteiger partial charge in [-0.3, -0.25) is 14.4 Å². The van der Waals surface area contributed by atoms with Crippen LogP contribution in [0.2, 0.25) is 0 Å². The number of phenolic OH excluding ortho intramolecular Hbond substituents is 1. The number of hydrogen-bond acceptors (Lipinski definition) is 7. The highest BCUT2D eigenvalue weighted by molar-refractivity contribution is 5.94. The smallest absolute Gasteiger partial charge is 0.328 e. The molecule has 3 N–H and O–H groups in total. The number of methoxy groups -OCH3 is 1.